The molecule has 0 amide bonds. The number of carbonyl (C=O) groups is 1. The third-order valence-electron chi connectivity index (χ3n) is 2.88. The SMILES string of the molecule is O=C(C1=CCCC1)c1cccc(C(F)(F)F)c1F. The summed E-state index contributed by atoms with van der Waals surface area (Å²) in [5.41, 5.74) is -1.50. The van der Waals surface area contributed by atoms with Crippen LogP contribution in [-0.2, 0) is 6.18 Å². The Morgan fingerprint density at radius 2 is 1.94 bits per heavy atom. The molecule has 0 aromatic heterocycles. The van der Waals surface area contributed by atoms with Crippen molar-refractivity contribution >= 4 is 5.78 Å². The average molecular weight is 258 g/mol. The van der Waals surface area contributed by atoms with Gasteiger partial charge in [0.1, 0.15) is 5.82 Å². The van der Waals surface area contributed by atoms with Crippen LogP contribution in [0, 0.1) is 5.82 Å². The predicted molar refractivity (Wildman–Crippen MR) is 57.7 cm³/mol. The molecule has 0 heterocycles. The number of alkyl halides is 3. The van der Waals surface area contributed by atoms with Crippen LogP contribution in [0.2, 0.25) is 0 Å². The van der Waals surface area contributed by atoms with Gasteiger partial charge in [0.25, 0.3) is 0 Å². The smallest absolute Gasteiger partial charge is 0.289 e. The summed E-state index contributed by atoms with van der Waals surface area (Å²) in [6.45, 7) is 0. The molecule has 0 bridgehead atoms. The van der Waals surface area contributed by atoms with E-state index in [-0.39, 0.29) is 0 Å². The first kappa shape index (κ1) is 12.8. The first-order valence-electron chi connectivity index (χ1n) is 5.50. The summed E-state index contributed by atoms with van der Waals surface area (Å²) in [7, 11) is 0. The molecule has 0 fully saturated rings. The van der Waals surface area contributed by atoms with Gasteiger partial charge in [-0.05, 0) is 37.0 Å². The van der Waals surface area contributed by atoms with Gasteiger partial charge in [0.05, 0.1) is 11.1 Å². The summed E-state index contributed by atoms with van der Waals surface area (Å²) in [5.74, 6) is -2.13. The van der Waals surface area contributed by atoms with Gasteiger partial charge >= 0.3 is 6.18 Å². The molecule has 1 aliphatic carbocycles. The normalized spacial score (nSPS) is 15.7. The molecule has 0 unspecified atom stereocenters. The van der Waals surface area contributed by atoms with E-state index in [0.717, 1.165) is 18.6 Å². The highest BCUT2D eigenvalue weighted by atomic mass is 19.4. The Balaban J connectivity index is 2.43. The maximum atomic E-state index is 13.7. The van der Waals surface area contributed by atoms with E-state index in [1.165, 1.54) is 0 Å². The summed E-state index contributed by atoms with van der Waals surface area (Å²) in [6, 6.07) is 2.77. The van der Waals surface area contributed by atoms with Crippen molar-refractivity contribution in [3.63, 3.8) is 0 Å². The second-order valence-corrected chi connectivity index (χ2v) is 4.12. The van der Waals surface area contributed by atoms with Crippen LogP contribution in [0.3, 0.4) is 0 Å². The summed E-state index contributed by atoms with van der Waals surface area (Å²) >= 11 is 0. The van der Waals surface area contributed by atoms with Gasteiger partial charge in [-0.1, -0.05) is 12.1 Å². The highest BCUT2D eigenvalue weighted by Crippen LogP contribution is 2.33. The number of benzene rings is 1. The minimum atomic E-state index is -4.79. The van der Waals surface area contributed by atoms with Gasteiger partial charge in [0.2, 0.25) is 0 Å². The van der Waals surface area contributed by atoms with Gasteiger partial charge in [-0.2, -0.15) is 13.2 Å². The van der Waals surface area contributed by atoms with Crippen LogP contribution >= 0.6 is 0 Å². The summed E-state index contributed by atoms with van der Waals surface area (Å²) in [5, 5.41) is 0. The van der Waals surface area contributed by atoms with Crippen LogP contribution in [-0.4, -0.2) is 5.78 Å². The summed E-state index contributed by atoms with van der Waals surface area (Å²) in [4.78, 5) is 11.9. The monoisotopic (exact) mass is 258 g/mol. The van der Waals surface area contributed by atoms with E-state index in [9.17, 15) is 22.4 Å². The fraction of sp³-hybridized carbons (Fsp3) is 0.308. The maximum absolute atomic E-state index is 13.7. The number of Topliss-reactive ketones (excluding diaryl/α,β-unsaturated/α-hetero) is 1. The molecule has 1 aliphatic rings. The highest BCUT2D eigenvalue weighted by Gasteiger charge is 2.36. The first-order valence-corrected chi connectivity index (χ1v) is 5.50. The second kappa shape index (κ2) is 4.55. The van der Waals surface area contributed by atoms with Crippen molar-refractivity contribution in [2.24, 2.45) is 0 Å². The number of hydrogen-bond acceptors (Lipinski definition) is 1. The second-order valence-electron chi connectivity index (χ2n) is 4.12. The molecule has 1 aromatic rings. The quantitative estimate of drug-likeness (QED) is 0.575. The minimum absolute atomic E-state index is 0.397. The Labute approximate surface area is 101 Å². The lowest BCUT2D eigenvalue weighted by Crippen LogP contribution is -2.13. The van der Waals surface area contributed by atoms with Crippen LogP contribution in [0.1, 0.15) is 35.2 Å². The summed E-state index contributed by atoms with van der Waals surface area (Å²) in [6.07, 6.45) is -1.15. The van der Waals surface area contributed by atoms with Crippen LogP contribution in [0.25, 0.3) is 0 Å². The lowest BCUT2D eigenvalue weighted by atomic mass is 10.00. The van der Waals surface area contributed by atoms with Crippen LogP contribution in [0.5, 0.6) is 0 Å². The molecular weight excluding hydrogens is 248 g/mol. The molecule has 2 rings (SSSR count). The Hall–Kier alpha value is -1.65. The van der Waals surface area contributed by atoms with Gasteiger partial charge in [-0.15, -0.1) is 0 Å². The van der Waals surface area contributed by atoms with E-state index < -0.39 is 28.9 Å². The molecule has 0 atom stereocenters. The molecule has 96 valence electrons. The number of rotatable bonds is 2. The maximum Gasteiger partial charge on any atom is 0.419 e. The Kier molecular flexibility index (Phi) is 3.24. The Morgan fingerprint density at radius 1 is 1.22 bits per heavy atom. The number of carbonyl (C=O) groups excluding carboxylic acids is 1. The molecular formula is C13H10F4O. The van der Waals surface area contributed by atoms with Crippen molar-refractivity contribution in [1.82, 2.24) is 0 Å². The van der Waals surface area contributed by atoms with Crippen LogP contribution in [0.15, 0.2) is 29.8 Å². The molecule has 0 aliphatic heterocycles. The topological polar surface area (TPSA) is 17.1 Å². The molecule has 0 saturated heterocycles. The molecule has 0 radical (unpaired) electrons. The fourth-order valence-electron chi connectivity index (χ4n) is 1.98. The molecule has 0 saturated carbocycles. The molecule has 5 heteroatoms. The fourth-order valence-corrected chi connectivity index (χ4v) is 1.98. The van der Waals surface area contributed by atoms with Gasteiger partial charge in [-0.3, -0.25) is 4.79 Å². The highest BCUT2D eigenvalue weighted by molar-refractivity contribution is 6.09. The van der Waals surface area contributed by atoms with E-state index >= 15 is 0 Å². The van der Waals surface area contributed by atoms with E-state index in [4.69, 9.17) is 0 Å². The lowest BCUT2D eigenvalue weighted by Gasteiger charge is -2.10. The van der Waals surface area contributed by atoms with Crippen molar-refractivity contribution in [3.05, 3.63) is 46.8 Å². The van der Waals surface area contributed by atoms with Gasteiger partial charge in [-0.25, -0.2) is 4.39 Å². The van der Waals surface area contributed by atoms with Gasteiger partial charge in [0, 0.05) is 0 Å². The van der Waals surface area contributed by atoms with Gasteiger partial charge < -0.3 is 0 Å². The van der Waals surface area contributed by atoms with Crippen LogP contribution < -0.4 is 0 Å². The third-order valence-corrected chi connectivity index (χ3v) is 2.88. The van der Waals surface area contributed by atoms with Crippen molar-refractivity contribution in [2.45, 2.75) is 25.4 Å². The summed E-state index contributed by atoms with van der Waals surface area (Å²) < 4.78 is 51.2. The molecule has 1 aromatic carbocycles. The minimum Gasteiger partial charge on any atom is -0.289 e. The largest absolute Gasteiger partial charge is 0.419 e. The average Bonchev–Trinajstić information content (AvgIpc) is 2.80. The van der Waals surface area contributed by atoms with Crippen molar-refractivity contribution in [1.29, 1.82) is 0 Å². The number of ketones is 1. The van der Waals surface area contributed by atoms with Crippen LogP contribution in [0.4, 0.5) is 17.6 Å². The Morgan fingerprint density at radius 3 is 2.50 bits per heavy atom. The predicted octanol–water partition coefficient (Wildman–Crippen LogP) is 4.14. The van der Waals surface area contributed by atoms with E-state index in [1.54, 1.807) is 6.08 Å². The Bertz CT molecular complexity index is 514. The third kappa shape index (κ3) is 2.30. The van der Waals surface area contributed by atoms with Crippen molar-refractivity contribution < 1.29 is 22.4 Å². The lowest BCUT2D eigenvalue weighted by molar-refractivity contribution is -0.140. The molecule has 1 nitrogen and oxygen atoms in total. The zero-order valence-corrected chi connectivity index (χ0v) is 9.35. The van der Waals surface area contributed by atoms with Crippen molar-refractivity contribution in [3.8, 4) is 0 Å². The number of hydrogen-bond donors (Lipinski definition) is 0. The molecule has 0 N–H and O–H groups in total. The first-order chi connectivity index (χ1) is 8.41. The molecule has 18 heavy (non-hydrogen) atoms. The van der Waals surface area contributed by atoms with Crippen molar-refractivity contribution in [2.75, 3.05) is 0 Å². The van der Waals surface area contributed by atoms with Gasteiger partial charge in [0.15, 0.2) is 5.78 Å². The van der Waals surface area contributed by atoms with E-state index in [0.29, 0.717) is 24.5 Å². The van der Waals surface area contributed by atoms with E-state index in [2.05, 4.69) is 0 Å². The van der Waals surface area contributed by atoms with E-state index in [1.807, 2.05) is 0 Å². The molecule has 0 spiro atoms. The zero-order chi connectivity index (χ0) is 13.3. The number of allylic oxidation sites excluding steroid dienone is 2. The zero-order valence-electron chi connectivity index (χ0n) is 9.35. The standard InChI is InChI=1S/C13H10F4O/c14-11-9(12(18)8-4-1-2-5-8)6-3-7-10(11)13(15,16)17/h3-4,6-7H,1-2,5H2. The number of halogens is 4.